The third-order valence-corrected chi connectivity index (χ3v) is 9.82. The molecule has 3 saturated heterocycles. The van der Waals surface area contributed by atoms with E-state index in [1.54, 1.807) is 11.3 Å². The molecule has 0 spiro atoms. The lowest BCUT2D eigenvalue weighted by atomic mass is 9.96. The molecule has 3 aliphatic rings. The van der Waals surface area contributed by atoms with E-state index in [0.29, 0.717) is 0 Å². The molecule has 0 aliphatic carbocycles. The second-order valence-corrected chi connectivity index (χ2v) is 12.4. The lowest BCUT2D eigenvalue weighted by Gasteiger charge is -2.35. The number of piperidine rings is 1. The highest BCUT2D eigenvalue weighted by Gasteiger charge is 2.27. The van der Waals surface area contributed by atoms with E-state index in [2.05, 4.69) is 74.7 Å². The molecule has 204 valence electrons. The molecule has 0 amide bonds. The quantitative estimate of drug-likeness (QED) is 0.431. The minimum Gasteiger partial charge on any atom is -0.356 e. The summed E-state index contributed by atoms with van der Waals surface area (Å²) in [6, 6.07) is 11.5. The van der Waals surface area contributed by atoms with E-state index in [1.807, 2.05) is 0 Å². The third kappa shape index (κ3) is 5.69. The average molecular weight is 534 g/mol. The van der Waals surface area contributed by atoms with Gasteiger partial charge in [-0.3, -0.25) is 0 Å². The molecule has 7 nitrogen and oxygen atoms in total. The number of hydrogen-bond donors (Lipinski definition) is 1. The first-order chi connectivity index (χ1) is 18.7. The normalized spacial score (nSPS) is 22.1. The highest BCUT2D eigenvalue weighted by molar-refractivity contribution is 7.17. The standard InChI is InChI=1S/C30H43N7S/c1-34-17-19-37(20-18-34)30-32-28(27-26(22-38-29(27)33-30)24-7-4-3-5-8-24)36-15-11-23(12-16-36)21-31-13-10-25-9-6-14-35(25)2/h3-5,7-8,22-23,25,31H,6,9-21H2,1-2H3. The summed E-state index contributed by atoms with van der Waals surface area (Å²) >= 11 is 1.76. The van der Waals surface area contributed by atoms with Gasteiger partial charge < -0.3 is 24.9 Å². The van der Waals surface area contributed by atoms with Crippen molar-refractivity contribution in [2.45, 2.75) is 38.1 Å². The molecule has 0 saturated carbocycles. The lowest BCUT2D eigenvalue weighted by Crippen LogP contribution is -2.45. The SMILES string of the molecule is CN1CCN(c2nc(N3CCC(CNCCC4CCCN4C)CC3)c3c(-c4ccccc4)csc3n2)CC1. The van der Waals surface area contributed by atoms with Gasteiger partial charge in [-0.15, -0.1) is 11.3 Å². The van der Waals surface area contributed by atoms with Gasteiger partial charge in [-0.05, 0) is 77.3 Å². The van der Waals surface area contributed by atoms with Crippen molar-refractivity contribution in [3.05, 3.63) is 35.7 Å². The first-order valence-corrected chi connectivity index (χ1v) is 15.5. The van der Waals surface area contributed by atoms with Crippen molar-refractivity contribution in [3.8, 4) is 11.1 Å². The Morgan fingerprint density at radius 3 is 2.42 bits per heavy atom. The van der Waals surface area contributed by atoms with Gasteiger partial charge in [0.1, 0.15) is 10.6 Å². The average Bonchev–Trinajstić information content (AvgIpc) is 3.58. The van der Waals surface area contributed by atoms with Crippen LogP contribution in [0.3, 0.4) is 0 Å². The second-order valence-electron chi connectivity index (χ2n) is 11.5. The van der Waals surface area contributed by atoms with Gasteiger partial charge in [-0.2, -0.15) is 4.98 Å². The van der Waals surface area contributed by atoms with Crippen molar-refractivity contribution in [3.63, 3.8) is 0 Å². The fraction of sp³-hybridized carbons (Fsp3) is 0.600. The molecule has 1 aromatic carbocycles. The molecule has 1 atom stereocenters. The molecule has 5 heterocycles. The maximum Gasteiger partial charge on any atom is 0.228 e. The maximum absolute atomic E-state index is 5.29. The number of nitrogens with zero attached hydrogens (tertiary/aromatic N) is 6. The molecule has 0 radical (unpaired) electrons. The molecular formula is C30H43N7S. The highest BCUT2D eigenvalue weighted by Crippen LogP contribution is 2.40. The predicted octanol–water partition coefficient (Wildman–Crippen LogP) is 4.40. The van der Waals surface area contributed by atoms with Gasteiger partial charge in [-0.25, -0.2) is 4.98 Å². The Morgan fingerprint density at radius 2 is 1.68 bits per heavy atom. The minimum atomic E-state index is 0.748. The van der Waals surface area contributed by atoms with Gasteiger partial charge in [0, 0.05) is 56.3 Å². The van der Waals surface area contributed by atoms with Crippen molar-refractivity contribution in [1.29, 1.82) is 0 Å². The maximum atomic E-state index is 5.29. The number of hydrogen-bond acceptors (Lipinski definition) is 8. The monoisotopic (exact) mass is 533 g/mol. The van der Waals surface area contributed by atoms with E-state index in [-0.39, 0.29) is 0 Å². The third-order valence-electron chi connectivity index (χ3n) is 8.95. The van der Waals surface area contributed by atoms with Gasteiger partial charge in [0.05, 0.1) is 5.39 Å². The summed E-state index contributed by atoms with van der Waals surface area (Å²) < 4.78 is 0. The van der Waals surface area contributed by atoms with E-state index in [0.717, 1.165) is 80.9 Å². The van der Waals surface area contributed by atoms with Crippen molar-refractivity contribution < 1.29 is 0 Å². The highest BCUT2D eigenvalue weighted by atomic mass is 32.1. The van der Waals surface area contributed by atoms with Gasteiger partial charge >= 0.3 is 0 Å². The molecular weight excluding hydrogens is 490 g/mol. The number of nitrogens with one attached hydrogen (secondary N) is 1. The van der Waals surface area contributed by atoms with Crippen LogP contribution in [0.4, 0.5) is 11.8 Å². The van der Waals surface area contributed by atoms with Crippen LogP contribution < -0.4 is 15.1 Å². The van der Waals surface area contributed by atoms with Crippen LogP contribution in [0.2, 0.25) is 0 Å². The summed E-state index contributed by atoms with van der Waals surface area (Å²) in [6.07, 6.45) is 6.45. The molecule has 2 aromatic heterocycles. The van der Waals surface area contributed by atoms with E-state index in [9.17, 15) is 0 Å². The summed E-state index contributed by atoms with van der Waals surface area (Å²) in [5, 5.41) is 7.30. The number of benzene rings is 1. The van der Waals surface area contributed by atoms with Crippen LogP contribution in [0.5, 0.6) is 0 Å². The number of likely N-dealkylation sites (tertiary alicyclic amines) is 1. The van der Waals surface area contributed by atoms with Gasteiger partial charge in [0.25, 0.3) is 0 Å². The number of aromatic nitrogens is 2. The van der Waals surface area contributed by atoms with Crippen LogP contribution in [0, 0.1) is 5.92 Å². The van der Waals surface area contributed by atoms with E-state index < -0.39 is 0 Å². The number of fused-ring (bicyclic) bond motifs is 1. The number of thiophene rings is 1. The van der Waals surface area contributed by atoms with Gasteiger partial charge in [0.2, 0.25) is 5.95 Å². The predicted molar refractivity (Wildman–Crippen MR) is 161 cm³/mol. The molecule has 6 rings (SSSR count). The van der Waals surface area contributed by atoms with Crippen LogP contribution in [0.25, 0.3) is 21.3 Å². The van der Waals surface area contributed by atoms with Crippen LogP contribution in [-0.2, 0) is 0 Å². The number of rotatable bonds is 8. The molecule has 3 fully saturated rings. The smallest absolute Gasteiger partial charge is 0.228 e. The van der Waals surface area contributed by atoms with Crippen LogP contribution in [0.15, 0.2) is 35.7 Å². The Labute approximate surface area is 231 Å². The van der Waals surface area contributed by atoms with Gasteiger partial charge in [0.15, 0.2) is 0 Å². The van der Waals surface area contributed by atoms with Crippen molar-refractivity contribution in [2.24, 2.45) is 5.92 Å². The molecule has 1 N–H and O–H groups in total. The Morgan fingerprint density at radius 1 is 0.895 bits per heavy atom. The van der Waals surface area contributed by atoms with Crippen LogP contribution in [0.1, 0.15) is 32.1 Å². The Kier molecular flexibility index (Phi) is 8.11. The fourth-order valence-electron chi connectivity index (χ4n) is 6.39. The molecule has 0 bridgehead atoms. The molecule has 38 heavy (non-hydrogen) atoms. The molecule has 3 aromatic rings. The number of piperazine rings is 1. The summed E-state index contributed by atoms with van der Waals surface area (Å²) in [5.74, 6) is 2.79. The van der Waals surface area contributed by atoms with E-state index >= 15 is 0 Å². The minimum absolute atomic E-state index is 0.748. The molecule has 3 aliphatic heterocycles. The van der Waals surface area contributed by atoms with Crippen molar-refractivity contribution in [2.75, 3.05) is 82.8 Å². The van der Waals surface area contributed by atoms with Crippen LogP contribution in [-0.4, -0.2) is 98.8 Å². The summed E-state index contributed by atoms with van der Waals surface area (Å²) in [5.41, 5.74) is 2.52. The zero-order valence-electron chi connectivity index (χ0n) is 23.1. The number of likely N-dealkylation sites (N-methyl/N-ethyl adjacent to an activating group) is 1. The Hall–Kier alpha value is -2.26. The Bertz CT molecular complexity index is 1180. The first-order valence-electron chi connectivity index (χ1n) is 14.6. The first kappa shape index (κ1) is 26.0. The summed E-state index contributed by atoms with van der Waals surface area (Å²) in [7, 11) is 4.48. The van der Waals surface area contributed by atoms with Gasteiger partial charge in [-0.1, -0.05) is 30.3 Å². The lowest BCUT2D eigenvalue weighted by molar-refractivity contribution is 0.289. The largest absolute Gasteiger partial charge is 0.356 e. The Balaban J connectivity index is 1.17. The van der Waals surface area contributed by atoms with E-state index in [1.165, 1.54) is 55.2 Å². The molecule has 1 unspecified atom stereocenters. The molecule has 8 heteroatoms. The summed E-state index contributed by atoms with van der Waals surface area (Å²) in [4.78, 5) is 21.4. The van der Waals surface area contributed by atoms with E-state index in [4.69, 9.17) is 9.97 Å². The zero-order valence-corrected chi connectivity index (χ0v) is 23.9. The second kappa shape index (κ2) is 11.9. The topological polar surface area (TPSA) is 50.8 Å². The zero-order chi connectivity index (χ0) is 25.9. The van der Waals surface area contributed by atoms with Crippen LogP contribution >= 0.6 is 11.3 Å². The van der Waals surface area contributed by atoms with Crippen molar-refractivity contribution >= 4 is 33.3 Å². The summed E-state index contributed by atoms with van der Waals surface area (Å²) in [6.45, 7) is 9.79. The number of anilines is 2. The van der Waals surface area contributed by atoms with Crippen molar-refractivity contribution in [1.82, 2.24) is 25.1 Å². The fourth-order valence-corrected chi connectivity index (χ4v) is 7.32.